The van der Waals surface area contributed by atoms with Crippen LogP contribution >= 0.6 is 15.9 Å². The van der Waals surface area contributed by atoms with Gasteiger partial charge in [0.05, 0.1) is 5.56 Å². The maximum atomic E-state index is 13.0. The summed E-state index contributed by atoms with van der Waals surface area (Å²) in [5, 5.41) is 7.04. The molecule has 0 bridgehead atoms. The normalized spacial score (nSPS) is 13.1. The van der Waals surface area contributed by atoms with E-state index in [1.54, 1.807) is 0 Å². The standard InChI is InChI=1S/C8H5BrF4O/c1-2-4(10)6(12)3(8(9)14)7(13)5(2)11/h8,14H,1H3. The van der Waals surface area contributed by atoms with E-state index in [-0.39, 0.29) is 0 Å². The van der Waals surface area contributed by atoms with Crippen molar-refractivity contribution >= 4 is 15.9 Å². The first-order valence-corrected chi connectivity index (χ1v) is 4.44. The molecule has 0 heterocycles. The van der Waals surface area contributed by atoms with Crippen LogP contribution in [0.5, 0.6) is 0 Å². The number of hydrogen-bond acceptors (Lipinski definition) is 1. The summed E-state index contributed by atoms with van der Waals surface area (Å²) in [5.41, 5.74) is -1.82. The van der Waals surface area contributed by atoms with Crippen LogP contribution in [0.2, 0.25) is 0 Å². The van der Waals surface area contributed by atoms with Gasteiger partial charge in [-0.3, -0.25) is 0 Å². The van der Waals surface area contributed by atoms with Gasteiger partial charge < -0.3 is 5.11 Å². The quantitative estimate of drug-likeness (QED) is 0.474. The Morgan fingerprint density at radius 3 is 1.64 bits per heavy atom. The summed E-state index contributed by atoms with van der Waals surface area (Å²) in [7, 11) is 0. The highest BCUT2D eigenvalue weighted by Gasteiger charge is 2.26. The predicted octanol–water partition coefficient (Wildman–Crippen LogP) is 2.94. The molecule has 0 aliphatic heterocycles. The Hall–Kier alpha value is -0.620. The smallest absolute Gasteiger partial charge is 0.168 e. The van der Waals surface area contributed by atoms with Gasteiger partial charge in [0.1, 0.15) is 5.01 Å². The minimum atomic E-state index is -1.79. The zero-order chi connectivity index (χ0) is 11.0. The van der Waals surface area contributed by atoms with E-state index in [4.69, 9.17) is 5.11 Å². The van der Waals surface area contributed by atoms with Gasteiger partial charge in [0.15, 0.2) is 23.3 Å². The van der Waals surface area contributed by atoms with Crippen LogP contribution in [0.4, 0.5) is 17.6 Å². The number of benzene rings is 1. The van der Waals surface area contributed by atoms with Crippen LogP contribution in [0.25, 0.3) is 0 Å². The van der Waals surface area contributed by atoms with Gasteiger partial charge in [0.2, 0.25) is 0 Å². The first-order chi connectivity index (χ1) is 6.37. The van der Waals surface area contributed by atoms with Crippen molar-refractivity contribution in [1.29, 1.82) is 0 Å². The molecule has 1 nitrogen and oxygen atoms in total. The van der Waals surface area contributed by atoms with Crippen LogP contribution < -0.4 is 0 Å². The molecule has 1 aromatic carbocycles. The van der Waals surface area contributed by atoms with Gasteiger partial charge >= 0.3 is 0 Å². The first-order valence-electron chi connectivity index (χ1n) is 3.52. The number of aliphatic hydroxyl groups excluding tert-OH is 1. The second-order valence-corrected chi connectivity index (χ2v) is 3.50. The fourth-order valence-corrected chi connectivity index (χ4v) is 1.37. The molecule has 1 atom stereocenters. The van der Waals surface area contributed by atoms with Crippen molar-refractivity contribution in [3.8, 4) is 0 Å². The van der Waals surface area contributed by atoms with Crippen LogP contribution in [-0.4, -0.2) is 5.11 Å². The Morgan fingerprint density at radius 1 is 1.00 bits per heavy atom. The van der Waals surface area contributed by atoms with Gasteiger partial charge in [-0.2, -0.15) is 0 Å². The van der Waals surface area contributed by atoms with Gasteiger partial charge in [-0.25, -0.2) is 17.6 Å². The Labute approximate surface area is 85.5 Å². The molecule has 1 unspecified atom stereocenters. The van der Waals surface area contributed by atoms with Crippen LogP contribution in [0.1, 0.15) is 16.1 Å². The molecule has 0 radical (unpaired) electrons. The summed E-state index contributed by atoms with van der Waals surface area (Å²) in [6.45, 7) is 0.904. The molecule has 0 fully saturated rings. The maximum absolute atomic E-state index is 13.0. The summed E-state index contributed by atoms with van der Waals surface area (Å²) in [6, 6.07) is 0. The monoisotopic (exact) mass is 272 g/mol. The molecular weight excluding hydrogens is 268 g/mol. The Bertz CT molecular complexity index is 349. The third-order valence-corrected chi connectivity index (χ3v) is 2.21. The Balaban J connectivity index is 3.60. The summed E-state index contributed by atoms with van der Waals surface area (Å²) in [4.78, 5) is 0. The molecule has 0 amide bonds. The molecule has 0 aliphatic rings. The number of halogens is 5. The lowest BCUT2D eigenvalue weighted by molar-refractivity contribution is 0.258. The fourth-order valence-electron chi connectivity index (χ4n) is 0.968. The summed E-state index contributed by atoms with van der Waals surface area (Å²) >= 11 is 2.42. The average molecular weight is 273 g/mol. The van der Waals surface area contributed by atoms with Crippen LogP contribution in [0.15, 0.2) is 0 Å². The van der Waals surface area contributed by atoms with E-state index in [9.17, 15) is 17.6 Å². The lowest BCUT2D eigenvalue weighted by Crippen LogP contribution is -2.07. The minimum absolute atomic E-state index is 0.753. The van der Waals surface area contributed by atoms with Gasteiger partial charge in [-0.15, -0.1) is 0 Å². The van der Waals surface area contributed by atoms with E-state index >= 15 is 0 Å². The third kappa shape index (κ3) is 1.64. The van der Waals surface area contributed by atoms with Crippen molar-refractivity contribution in [2.24, 2.45) is 0 Å². The number of hydrogen-bond donors (Lipinski definition) is 1. The van der Waals surface area contributed by atoms with Gasteiger partial charge in [0, 0.05) is 5.56 Å². The Kier molecular flexibility index (Phi) is 3.16. The fraction of sp³-hybridized carbons (Fsp3) is 0.250. The highest BCUT2D eigenvalue weighted by atomic mass is 79.9. The predicted molar refractivity (Wildman–Crippen MR) is 44.9 cm³/mol. The lowest BCUT2D eigenvalue weighted by atomic mass is 10.1. The molecule has 6 heteroatoms. The molecular formula is C8H5BrF4O. The maximum Gasteiger partial charge on any atom is 0.168 e. The Morgan fingerprint density at radius 2 is 1.36 bits per heavy atom. The molecule has 1 rings (SSSR count). The molecule has 1 aromatic rings. The van der Waals surface area contributed by atoms with Crippen molar-refractivity contribution in [2.45, 2.75) is 11.9 Å². The topological polar surface area (TPSA) is 20.2 Å². The van der Waals surface area contributed by atoms with E-state index in [1.165, 1.54) is 0 Å². The lowest BCUT2D eigenvalue weighted by Gasteiger charge is -2.10. The van der Waals surface area contributed by atoms with E-state index in [1.807, 2.05) is 0 Å². The minimum Gasteiger partial charge on any atom is -0.377 e. The van der Waals surface area contributed by atoms with Crippen molar-refractivity contribution in [1.82, 2.24) is 0 Å². The van der Waals surface area contributed by atoms with Crippen molar-refractivity contribution in [3.63, 3.8) is 0 Å². The highest BCUT2D eigenvalue weighted by molar-refractivity contribution is 9.09. The van der Waals surface area contributed by atoms with Gasteiger partial charge in [0.25, 0.3) is 0 Å². The molecule has 14 heavy (non-hydrogen) atoms. The second kappa shape index (κ2) is 3.86. The molecule has 0 saturated carbocycles. The zero-order valence-corrected chi connectivity index (χ0v) is 8.50. The first kappa shape index (κ1) is 11.5. The molecule has 78 valence electrons. The summed E-state index contributed by atoms with van der Waals surface area (Å²) in [5.74, 6) is -6.19. The third-order valence-electron chi connectivity index (χ3n) is 1.76. The average Bonchev–Trinajstić information content (AvgIpc) is 2.11. The van der Waals surface area contributed by atoms with E-state index < -0.39 is 39.4 Å². The van der Waals surface area contributed by atoms with Crippen LogP contribution in [0, 0.1) is 30.2 Å². The molecule has 1 N–H and O–H groups in total. The van der Waals surface area contributed by atoms with Crippen LogP contribution in [-0.2, 0) is 0 Å². The largest absolute Gasteiger partial charge is 0.377 e. The molecule has 0 aliphatic carbocycles. The zero-order valence-electron chi connectivity index (χ0n) is 6.91. The second-order valence-electron chi connectivity index (χ2n) is 2.63. The van der Waals surface area contributed by atoms with Crippen molar-refractivity contribution in [3.05, 3.63) is 34.4 Å². The molecule has 0 saturated heterocycles. The summed E-state index contributed by atoms with van der Waals surface area (Å²) < 4.78 is 51.7. The van der Waals surface area contributed by atoms with E-state index in [0.717, 1.165) is 6.92 Å². The van der Waals surface area contributed by atoms with Crippen LogP contribution in [0.3, 0.4) is 0 Å². The van der Waals surface area contributed by atoms with Gasteiger partial charge in [-0.05, 0) is 6.92 Å². The summed E-state index contributed by atoms with van der Waals surface area (Å²) in [6.07, 6.45) is 0. The highest BCUT2D eigenvalue weighted by Crippen LogP contribution is 2.30. The van der Waals surface area contributed by atoms with E-state index in [0.29, 0.717) is 0 Å². The molecule has 0 aromatic heterocycles. The molecule has 0 spiro atoms. The number of rotatable bonds is 1. The number of aliphatic hydroxyl groups is 1. The van der Waals surface area contributed by atoms with E-state index in [2.05, 4.69) is 15.9 Å². The van der Waals surface area contributed by atoms with Crippen molar-refractivity contribution in [2.75, 3.05) is 0 Å². The van der Waals surface area contributed by atoms with Gasteiger partial charge in [-0.1, -0.05) is 15.9 Å². The number of alkyl halides is 1. The van der Waals surface area contributed by atoms with Crippen molar-refractivity contribution < 1.29 is 22.7 Å². The SMILES string of the molecule is Cc1c(F)c(F)c(C(O)Br)c(F)c1F.